The molecule has 1 heterocycles. The van der Waals surface area contributed by atoms with Crippen molar-refractivity contribution in [2.24, 2.45) is 0 Å². The standard InChI is InChI=1S/C14H9ClN2O2/c15-11-8-6-10(7-9-11)13-16-19-14(18)17(13)12-4-2-1-3-5-12/h1-9H. The van der Waals surface area contributed by atoms with Gasteiger partial charge in [0, 0.05) is 10.6 Å². The lowest BCUT2D eigenvalue weighted by atomic mass is 10.2. The third kappa shape index (κ3) is 2.18. The second kappa shape index (κ2) is 4.74. The van der Waals surface area contributed by atoms with Gasteiger partial charge in [-0.3, -0.25) is 4.52 Å². The molecule has 0 saturated heterocycles. The van der Waals surface area contributed by atoms with Gasteiger partial charge in [0.05, 0.1) is 5.69 Å². The van der Waals surface area contributed by atoms with Crippen molar-refractivity contribution < 1.29 is 4.52 Å². The number of hydrogen-bond donors (Lipinski definition) is 0. The van der Waals surface area contributed by atoms with Gasteiger partial charge in [0.25, 0.3) is 0 Å². The molecule has 0 amide bonds. The van der Waals surface area contributed by atoms with Crippen LogP contribution in [0.25, 0.3) is 17.1 Å². The molecule has 0 aliphatic heterocycles. The summed E-state index contributed by atoms with van der Waals surface area (Å²) in [5.74, 6) is -0.0657. The van der Waals surface area contributed by atoms with Crippen molar-refractivity contribution in [2.75, 3.05) is 0 Å². The fourth-order valence-corrected chi connectivity index (χ4v) is 1.96. The Hall–Kier alpha value is -2.33. The van der Waals surface area contributed by atoms with Gasteiger partial charge in [-0.2, -0.15) is 0 Å². The van der Waals surface area contributed by atoms with Crippen molar-refractivity contribution in [1.82, 2.24) is 9.72 Å². The Morgan fingerprint density at radius 1 is 1.00 bits per heavy atom. The molecule has 5 heteroatoms. The minimum Gasteiger partial charge on any atom is -0.295 e. The van der Waals surface area contributed by atoms with Crippen LogP contribution in [0.4, 0.5) is 0 Å². The average Bonchev–Trinajstić information content (AvgIpc) is 2.82. The topological polar surface area (TPSA) is 48.0 Å². The Kier molecular flexibility index (Phi) is 2.93. The molecule has 1 aromatic heterocycles. The monoisotopic (exact) mass is 272 g/mol. The van der Waals surface area contributed by atoms with Crippen LogP contribution in [-0.2, 0) is 0 Å². The summed E-state index contributed by atoms with van der Waals surface area (Å²) in [6, 6.07) is 16.3. The van der Waals surface area contributed by atoms with Gasteiger partial charge in [-0.25, -0.2) is 9.36 Å². The van der Waals surface area contributed by atoms with Crippen LogP contribution < -0.4 is 5.76 Å². The molecule has 0 aliphatic carbocycles. The Balaban J connectivity index is 2.19. The molecule has 4 nitrogen and oxygen atoms in total. The van der Waals surface area contributed by atoms with Crippen LogP contribution in [0.3, 0.4) is 0 Å². The SMILES string of the molecule is O=c1onc(-c2ccc(Cl)cc2)n1-c1ccccc1. The van der Waals surface area contributed by atoms with Gasteiger partial charge < -0.3 is 0 Å². The van der Waals surface area contributed by atoms with Crippen molar-refractivity contribution >= 4 is 11.6 Å². The fraction of sp³-hybridized carbons (Fsp3) is 0. The Bertz CT molecular complexity index is 745. The first-order valence-corrected chi connectivity index (χ1v) is 6.03. The first-order chi connectivity index (χ1) is 9.25. The van der Waals surface area contributed by atoms with Crippen LogP contribution in [-0.4, -0.2) is 9.72 Å². The van der Waals surface area contributed by atoms with Gasteiger partial charge in [-0.15, -0.1) is 0 Å². The number of halogens is 1. The predicted octanol–water partition coefficient (Wildman–Crippen LogP) is 3.15. The van der Waals surface area contributed by atoms with E-state index in [1.54, 1.807) is 24.3 Å². The number of nitrogens with zero attached hydrogens (tertiary/aromatic N) is 2. The van der Waals surface area contributed by atoms with Crippen molar-refractivity contribution in [3.63, 3.8) is 0 Å². The summed E-state index contributed by atoms with van der Waals surface area (Å²) in [5.41, 5.74) is 1.47. The highest BCUT2D eigenvalue weighted by atomic mass is 35.5. The lowest BCUT2D eigenvalue weighted by Gasteiger charge is -2.04. The van der Waals surface area contributed by atoms with E-state index in [4.69, 9.17) is 16.1 Å². The van der Waals surface area contributed by atoms with Crippen LogP contribution in [0, 0.1) is 0 Å². The molecule has 19 heavy (non-hydrogen) atoms. The molecule has 3 aromatic rings. The summed E-state index contributed by atoms with van der Waals surface area (Å²) in [6.45, 7) is 0. The van der Waals surface area contributed by atoms with Crippen LogP contribution in [0.15, 0.2) is 63.9 Å². The number of rotatable bonds is 2. The maximum atomic E-state index is 11.8. The van der Waals surface area contributed by atoms with Crippen molar-refractivity contribution in [1.29, 1.82) is 0 Å². The van der Waals surface area contributed by atoms with E-state index in [1.165, 1.54) is 4.57 Å². The number of aromatic nitrogens is 2. The maximum Gasteiger partial charge on any atom is 0.446 e. The highest BCUT2D eigenvalue weighted by Crippen LogP contribution is 2.21. The van der Waals surface area contributed by atoms with E-state index >= 15 is 0 Å². The van der Waals surface area contributed by atoms with Gasteiger partial charge in [0.2, 0.25) is 0 Å². The summed E-state index contributed by atoms with van der Waals surface area (Å²) < 4.78 is 6.18. The Morgan fingerprint density at radius 3 is 2.37 bits per heavy atom. The molecule has 3 rings (SSSR count). The summed E-state index contributed by atoms with van der Waals surface area (Å²) in [4.78, 5) is 11.8. The smallest absolute Gasteiger partial charge is 0.295 e. The normalized spacial score (nSPS) is 10.6. The largest absolute Gasteiger partial charge is 0.446 e. The molecule has 2 aromatic carbocycles. The summed E-state index contributed by atoms with van der Waals surface area (Å²) in [5, 5.41) is 4.45. The lowest BCUT2D eigenvalue weighted by Crippen LogP contribution is -2.12. The second-order valence-electron chi connectivity index (χ2n) is 3.95. The van der Waals surface area contributed by atoms with E-state index in [1.807, 2.05) is 30.3 Å². The van der Waals surface area contributed by atoms with Gasteiger partial charge in [-0.1, -0.05) is 35.0 Å². The summed E-state index contributed by atoms with van der Waals surface area (Å²) in [7, 11) is 0. The molecule has 0 saturated carbocycles. The molecule has 0 radical (unpaired) electrons. The number of hydrogen-bond acceptors (Lipinski definition) is 3. The molecule has 0 bridgehead atoms. The van der Waals surface area contributed by atoms with E-state index in [2.05, 4.69) is 5.16 Å². The molecular formula is C14H9ClN2O2. The Morgan fingerprint density at radius 2 is 1.68 bits per heavy atom. The maximum absolute atomic E-state index is 11.8. The van der Waals surface area contributed by atoms with Crippen molar-refractivity contribution in [3.05, 3.63) is 70.2 Å². The van der Waals surface area contributed by atoms with E-state index in [9.17, 15) is 4.79 Å². The van der Waals surface area contributed by atoms with Crippen LogP contribution in [0.1, 0.15) is 0 Å². The van der Waals surface area contributed by atoms with E-state index in [0.717, 1.165) is 5.56 Å². The molecule has 0 N–H and O–H groups in total. The van der Waals surface area contributed by atoms with Gasteiger partial charge in [-0.05, 0) is 36.4 Å². The average molecular weight is 273 g/mol. The fourth-order valence-electron chi connectivity index (χ4n) is 1.84. The zero-order chi connectivity index (χ0) is 13.2. The third-order valence-electron chi connectivity index (χ3n) is 2.72. The molecule has 0 fully saturated rings. The molecule has 0 aliphatic rings. The molecular weight excluding hydrogens is 264 g/mol. The molecule has 94 valence electrons. The number of benzene rings is 2. The van der Waals surface area contributed by atoms with Crippen LogP contribution >= 0.6 is 11.6 Å². The first-order valence-electron chi connectivity index (χ1n) is 5.66. The zero-order valence-corrected chi connectivity index (χ0v) is 10.5. The highest BCUT2D eigenvalue weighted by molar-refractivity contribution is 6.30. The van der Waals surface area contributed by atoms with Gasteiger partial charge >= 0.3 is 5.76 Å². The zero-order valence-electron chi connectivity index (χ0n) is 9.79. The van der Waals surface area contributed by atoms with Crippen LogP contribution in [0.2, 0.25) is 5.02 Å². The van der Waals surface area contributed by atoms with E-state index in [0.29, 0.717) is 16.5 Å². The van der Waals surface area contributed by atoms with Gasteiger partial charge in [0.15, 0.2) is 5.82 Å². The summed E-state index contributed by atoms with van der Waals surface area (Å²) >= 11 is 5.85. The van der Waals surface area contributed by atoms with Crippen LogP contribution in [0.5, 0.6) is 0 Å². The molecule has 0 spiro atoms. The van der Waals surface area contributed by atoms with Gasteiger partial charge in [0.1, 0.15) is 0 Å². The minimum atomic E-state index is -0.517. The van der Waals surface area contributed by atoms with Crippen molar-refractivity contribution in [3.8, 4) is 17.1 Å². The minimum absolute atomic E-state index is 0.452. The van der Waals surface area contributed by atoms with E-state index in [-0.39, 0.29) is 0 Å². The summed E-state index contributed by atoms with van der Waals surface area (Å²) in [6.07, 6.45) is 0. The lowest BCUT2D eigenvalue weighted by molar-refractivity contribution is 0.383. The highest BCUT2D eigenvalue weighted by Gasteiger charge is 2.13. The first kappa shape index (κ1) is 11.7. The predicted molar refractivity (Wildman–Crippen MR) is 72.5 cm³/mol. The number of para-hydroxylation sites is 1. The molecule has 0 unspecified atom stereocenters. The van der Waals surface area contributed by atoms with Crippen molar-refractivity contribution in [2.45, 2.75) is 0 Å². The quantitative estimate of drug-likeness (QED) is 0.720. The third-order valence-corrected chi connectivity index (χ3v) is 2.97. The van der Waals surface area contributed by atoms with E-state index < -0.39 is 5.76 Å². The molecule has 0 atom stereocenters. The second-order valence-corrected chi connectivity index (χ2v) is 4.39. The Labute approximate surface area is 113 Å².